The van der Waals surface area contributed by atoms with Crippen molar-refractivity contribution < 1.29 is 80.2 Å². The topological polar surface area (TPSA) is 237 Å². The zero-order valence-corrected chi connectivity index (χ0v) is 60.6. The van der Waals surface area contributed by atoms with E-state index in [0.29, 0.717) is 25.7 Å². The number of carbonyl (C=O) groups is 4. The molecular weight excluding hydrogens is 1190 g/mol. The number of hydrogen-bond donors (Lipinski definition) is 3. The van der Waals surface area contributed by atoms with Crippen molar-refractivity contribution in [1.82, 2.24) is 0 Å². The van der Waals surface area contributed by atoms with Crippen molar-refractivity contribution in [3.8, 4) is 0 Å². The van der Waals surface area contributed by atoms with E-state index in [1.54, 1.807) is 0 Å². The molecule has 3 unspecified atom stereocenters. The molecule has 0 amide bonds. The first-order chi connectivity index (χ1) is 43.1. The molecule has 0 aromatic heterocycles. The molecule has 534 valence electrons. The van der Waals surface area contributed by atoms with Crippen molar-refractivity contribution in [3.05, 3.63) is 0 Å². The van der Waals surface area contributed by atoms with Gasteiger partial charge in [0.1, 0.15) is 19.3 Å². The molecule has 0 saturated carbocycles. The van der Waals surface area contributed by atoms with Gasteiger partial charge in [-0.1, -0.05) is 299 Å². The number of phosphoric ester groups is 2. The molecule has 3 N–H and O–H groups in total. The van der Waals surface area contributed by atoms with Crippen LogP contribution in [0.1, 0.15) is 351 Å². The molecule has 0 aliphatic rings. The molecule has 17 nitrogen and oxygen atoms in total. The third-order valence-corrected chi connectivity index (χ3v) is 18.6. The van der Waals surface area contributed by atoms with Crippen LogP contribution in [0.25, 0.3) is 0 Å². The van der Waals surface area contributed by atoms with Crippen LogP contribution in [0.2, 0.25) is 0 Å². The number of esters is 4. The van der Waals surface area contributed by atoms with Crippen molar-refractivity contribution in [1.29, 1.82) is 0 Å². The molecule has 0 spiro atoms. The highest BCUT2D eigenvalue weighted by Gasteiger charge is 2.30. The second kappa shape index (κ2) is 60.7. The number of hydrogen-bond acceptors (Lipinski definition) is 15. The summed E-state index contributed by atoms with van der Waals surface area (Å²) in [5.74, 6) is 0.866. The van der Waals surface area contributed by atoms with Crippen molar-refractivity contribution in [2.24, 2.45) is 23.7 Å². The number of ether oxygens (including phenoxy) is 4. The predicted octanol–water partition coefficient (Wildman–Crippen LogP) is 20.1. The fourth-order valence-corrected chi connectivity index (χ4v) is 12.2. The van der Waals surface area contributed by atoms with E-state index in [4.69, 9.17) is 37.0 Å². The number of unbranched alkanes of at least 4 members (excludes halogenated alkanes) is 33. The molecule has 6 atom stereocenters. The van der Waals surface area contributed by atoms with E-state index in [-0.39, 0.29) is 25.7 Å². The highest BCUT2D eigenvalue weighted by atomic mass is 31.2. The lowest BCUT2D eigenvalue weighted by Gasteiger charge is -2.21. The van der Waals surface area contributed by atoms with Crippen molar-refractivity contribution >= 4 is 39.5 Å². The fourth-order valence-electron chi connectivity index (χ4n) is 10.6. The maximum Gasteiger partial charge on any atom is 0.472 e. The summed E-state index contributed by atoms with van der Waals surface area (Å²) in [5, 5.41) is 10.6. The second-order valence-electron chi connectivity index (χ2n) is 27.3. The van der Waals surface area contributed by atoms with Crippen LogP contribution < -0.4 is 0 Å². The van der Waals surface area contributed by atoms with E-state index < -0.39 is 97.5 Å². The van der Waals surface area contributed by atoms with Gasteiger partial charge in [-0.2, -0.15) is 0 Å². The van der Waals surface area contributed by atoms with E-state index in [1.807, 2.05) is 0 Å². The first-order valence-corrected chi connectivity index (χ1v) is 39.7. The lowest BCUT2D eigenvalue weighted by molar-refractivity contribution is -0.161. The molecule has 19 heteroatoms. The van der Waals surface area contributed by atoms with E-state index >= 15 is 0 Å². The van der Waals surface area contributed by atoms with Crippen LogP contribution in [0.5, 0.6) is 0 Å². The minimum Gasteiger partial charge on any atom is -0.462 e. The summed E-state index contributed by atoms with van der Waals surface area (Å²) < 4.78 is 68.3. The summed E-state index contributed by atoms with van der Waals surface area (Å²) in [7, 11) is -9.90. The molecule has 0 saturated heterocycles. The Morgan fingerprint density at radius 3 is 0.789 bits per heavy atom. The molecule has 0 aliphatic carbocycles. The normalized spacial score (nSPS) is 14.6. The summed E-state index contributed by atoms with van der Waals surface area (Å²) >= 11 is 0. The Bertz CT molecular complexity index is 1780. The summed E-state index contributed by atoms with van der Waals surface area (Å²) in [6.45, 7) is 14.1. The molecule has 90 heavy (non-hydrogen) atoms. The Morgan fingerprint density at radius 2 is 0.533 bits per heavy atom. The standard InChI is InChI=1S/C71H138O17P2/c1-9-64(8)50-42-34-29-30-36-44-52-69(74)82-58-67(87-70(75)53-45-37-27-20-16-12-14-18-24-32-40-48-62(4)5)60-86-90(79,80)84-56-65(72)55-83-89(77,78)85-59-66(88-71(76)54-46-38-28-22-21-25-33-41-49-63(6)7)57-81-68(73)51-43-35-26-19-15-11-10-13-17-23-31-39-47-61(2)3/h61-67,72H,9-60H2,1-8H3,(H,77,78)(H,79,80)/t64?,65-,66-,67-/m1/s1. The summed E-state index contributed by atoms with van der Waals surface area (Å²) in [6, 6.07) is 0. The minimum absolute atomic E-state index is 0.104. The Morgan fingerprint density at radius 1 is 0.311 bits per heavy atom. The quantitative estimate of drug-likeness (QED) is 0.0222. The summed E-state index contributed by atoms with van der Waals surface area (Å²) in [4.78, 5) is 72.6. The van der Waals surface area contributed by atoms with E-state index in [9.17, 15) is 43.2 Å². The predicted molar refractivity (Wildman–Crippen MR) is 363 cm³/mol. The molecule has 0 aliphatic heterocycles. The lowest BCUT2D eigenvalue weighted by atomic mass is 10.00. The first kappa shape index (κ1) is 88.1. The third kappa shape index (κ3) is 63.5. The van der Waals surface area contributed by atoms with Crippen LogP contribution in [0.3, 0.4) is 0 Å². The fraction of sp³-hybridized carbons (Fsp3) is 0.944. The summed E-state index contributed by atoms with van der Waals surface area (Å²) in [6.07, 6.45) is 43.1. The van der Waals surface area contributed by atoms with Crippen LogP contribution >= 0.6 is 15.6 Å². The van der Waals surface area contributed by atoms with Crippen LogP contribution in [0.4, 0.5) is 0 Å². The average Bonchev–Trinajstić information content (AvgIpc) is 2.93. The van der Waals surface area contributed by atoms with Crippen molar-refractivity contribution in [2.75, 3.05) is 39.6 Å². The van der Waals surface area contributed by atoms with Gasteiger partial charge in [-0.3, -0.25) is 37.3 Å². The van der Waals surface area contributed by atoms with Gasteiger partial charge in [0.15, 0.2) is 12.2 Å². The molecule has 0 radical (unpaired) electrons. The molecular formula is C71H138O17P2. The lowest BCUT2D eigenvalue weighted by Crippen LogP contribution is -2.30. The Hall–Kier alpha value is -1.94. The van der Waals surface area contributed by atoms with Gasteiger partial charge in [-0.15, -0.1) is 0 Å². The molecule has 0 heterocycles. The molecule has 0 bridgehead atoms. The maximum atomic E-state index is 13.0. The molecule has 0 rings (SSSR count). The van der Waals surface area contributed by atoms with Gasteiger partial charge >= 0.3 is 39.5 Å². The molecule has 0 fully saturated rings. The van der Waals surface area contributed by atoms with E-state index in [0.717, 1.165) is 120 Å². The monoisotopic (exact) mass is 1320 g/mol. The average molecular weight is 1330 g/mol. The Balaban J connectivity index is 5.24. The minimum atomic E-state index is -4.95. The third-order valence-electron chi connectivity index (χ3n) is 16.7. The zero-order valence-electron chi connectivity index (χ0n) is 58.8. The molecule has 0 aromatic rings. The van der Waals surface area contributed by atoms with Crippen molar-refractivity contribution in [2.45, 2.75) is 369 Å². The van der Waals surface area contributed by atoms with Crippen LogP contribution in [0, 0.1) is 23.7 Å². The SMILES string of the molecule is CCC(C)CCCCCCCCC(=O)OC[C@H](COP(=O)(O)OC[C@H](O)COP(=O)(O)OC[C@@H](COC(=O)CCCCCCCCCCCCCCC(C)C)OC(=O)CCCCCCCCCCC(C)C)OC(=O)CCCCCCCCCCCCCC(C)C. The number of phosphoric acid groups is 2. The van der Waals surface area contributed by atoms with Crippen LogP contribution in [0.15, 0.2) is 0 Å². The van der Waals surface area contributed by atoms with Gasteiger partial charge in [0, 0.05) is 25.7 Å². The van der Waals surface area contributed by atoms with E-state index in [1.165, 1.54) is 148 Å². The van der Waals surface area contributed by atoms with Gasteiger partial charge in [0.05, 0.1) is 26.4 Å². The Labute approximate surface area is 549 Å². The van der Waals surface area contributed by atoms with Gasteiger partial charge in [-0.25, -0.2) is 9.13 Å². The van der Waals surface area contributed by atoms with Crippen molar-refractivity contribution in [3.63, 3.8) is 0 Å². The van der Waals surface area contributed by atoms with Gasteiger partial charge in [0.25, 0.3) is 0 Å². The zero-order chi connectivity index (χ0) is 66.8. The highest BCUT2D eigenvalue weighted by molar-refractivity contribution is 7.47. The Kier molecular flexibility index (Phi) is 59.4. The maximum absolute atomic E-state index is 13.0. The van der Waals surface area contributed by atoms with Gasteiger partial charge in [0.2, 0.25) is 0 Å². The highest BCUT2D eigenvalue weighted by Crippen LogP contribution is 2.45. The first-order valence-electron chi connectivity index (χ1n) is 36.7. The number of rotatable bonds is 68. The largest absolute Gasteiger partial charge is 0.472 e. The van der Waals surface area contributed by atoms with Gasteiger partial charge in [-0.05, 0) is 49.4 Å². The smallest absolute Gasteiger partial charge is 0.462 e. The van der Waals surface area contributed by atoms with Gasteiger partial charge < -0.3 is 33.8 Å². The van der Waals surface area contributed by atoms with Crippen LogP contribution in [-0.4, -0.2) is 96.7 Å². The number of aliphatic hydroxyl groups is 1. The number of aliphatic hydroxyl groups excluding tert-OH is 1. The number of carbonyl (C=O) groups excluding carboxylic acids is 4. The summed E-state index contributed by atoms with van der Waals surface area (Å²) in [5.41, 5.74) is 0. The van der Waals surface area contributed by atoms with E-state index in [2.05, 4.69) is 55.4 Å². The second-order valence-corrected chi connectivity index (χ2v) is 30.2. The van der Waals surface area contributed by atoms with Crippen LogP contribution in [-0.2, 0) is 65.4 Å². The molecule has 0 aromatic carbocycles.